The fraction of sp³-hybridized carbons (Fsp3) is 0.529. The maximum Gasteiger partial charge on any atom is 0.472 e. The van der Waals surface area contributed by atoms with Crippen molar-refractivity contribution in [3.63, 3.8) is 0 Å². The van der Waals surface area contributed by atoms with E-state index in [2.05, 4.69) is 10.9 Å². The van der Waals surface area contributed by atoms with Crippen LogP contribution in [0.5, 0.6) is 0 Å². The summed E-state index contributed by atoms with van der Waals surface area (Å²) < 4.78 is 59.3. The number of aromatic nitrogens is 1. The van der Waals surface area contributed by atoms with Gasteiger partial charge in [0, 0.05) is 12.8 Å². The van der Waals surface area contributed by atoms with Gasteiger partial charge in [-0.05, 0) is 6.07 Å². The zero-order valence-electron chi connectivity index (χ0n) is 17.5. The Labute approximate surface area is 186 Å². The van der Waals surface area contributed by atoms with E-state index in [0.29, 0.717) is 17.1 Å². The molecule has 0 spiro atoms. The minimum atomic E-state index is -4.36. The van der Waals surface area contributed by atoms with Crippen molar-refractivity contribution in [2.75, 3.05) is 60.2 Å². The van der Waals surface area contributed by atoms with Crippen LogP contribution in [-0.2, 0) is 23.4 Å². The summed E-state index contributed by atoms with van der Waals surface area (Å²) >= 11 is 5.87. The Morgan fingerprint density at radius 3 is 2.48 bits per heavy atom. The number of halogens is 2. The van der Waals surface area contributed by atoms with Gasteiger partial charge < -0.3 is 14.3 Å². The zero-order valence-corrected chi connectivity index (χ0v) is 20.0. The SMILES string of the molecule is C#CCN(CCOP(=O)(O)OCC[N+](C)(C)C)C(=O)c1cc(F)c(S(C)(=O)=O)nc1Cl. The molecule has 14 heteroatoms. The fourth-order valence-electron chi connectivity index (χ4n) is 2.13. The largest absolute Gasteiger partial charge is 0.472 e. The molecule has 1 rings (SSSR count). The number of carbonyl (C=O) groups is 1. The van der Waals surface area contributed by atoms with Gasteiger partial charge in [0.25, 0.3) is 5.91 Å². The smallest absolute Gasteiger partial charge is 0.329 e. The third kappa shape index (κ3) is 9.21. The molecule has 0 aliphatic carbocycles. The van der Waals surface area contributed by atoms with Gasteiger partial charge in [-0.25, -0.2) is 22.4 Å². The van der Waals surface area contributed by atoms with E-state index in [1.807, 2.05) is 21.1 Å². The van der Waals surface area contributed by atoms with Crippen molar-refractivity contribution in [3.8, 4) is 12.3 Å². The van der Waals surface area contributed by atoms with Crippen molar-refractivity contribution in [1.29, 1.82) is 0 Å². The van der Waals surface area contributed by atoms with E-state index in [4.69, 9.17) is 27.1 Å². The monoisotopic (exact) mass is 500 g/mol. The first-order valence-electron chi connectivity index (χ1n) is 8.78. The number of hydrogen-bond acceptors (Lipinski definition) is 7. The molecule has 0 saturated heterocycles. The van der Waals surface area contributed by atoms with E-state index in [-0.39, 0.29) is 19.7 Å². The summed E-state index contributed by atoms with van der Waals surface area (Å²) in [6, 6.07) is 0.642. The molecule has 0 aliphatic rings. The normalized spacial score (nSPS) is 14.0. The summed E-state index contributed by atoms with van der Waals surface area (Å²) in [5.74, 6) is 0.102. The number of pyridine rings is 1. The lowest BCUT2D eigenvalue weighted by Crippen LogP contribution is -2.37. The number of rotatable bonds is 11. The number of phosphoric ester groups is 1. The summed E-state index contributed by atoms with van der Waals surface area (Å²) in [4.78, 5) is 26.8. The van der Waals surface area contributed by atoms with Crippen molar-refractivity contribution in [2.24, 2.45) is 0 Å². The van der Waals surface area contributed by atoms with Crippen LogP contribution in [0.3, 0.4) is 0 Å². The Hall–Kier alpha value is -1.58. The zero-order chi connectivity index (χ0) is 24.0. The second kappa shape index (κ2) is 10.8. The number of phosphoric acid groups is 1. The van der Waals surface area contributed by atoms with Crippen molar-refractivity contribution in [3.05, 3.63) is 22.6 Å². The summed E-state index contributed by atoms with van der Waals surface area (Å²) in [7, 11) is -2.73. The molecule has 0 saturated carbocycles. The molecule has 0 radical (unpaired) electrons. The Kier molecular flexibility index (Phi) is 9.59. The lowest BCUT2D eigenvalue weighted by atomic mass is 10.2. The minimum Gasteiger partial charge on any atom is -0.329 e. The summed E-state index contributed by atoms with van der Waals surface area (Å²) in [5, 5.41) is -1.43. The molecular weight excluding hydrogens is 476 g/mol. The van der Waals surface area contributed by atoms with Crippen molar-refractivity contribution < 1.29 is 40.6 Å². The van der Waals surface area contributed by atoms with Crippen molar-refractivity contribution >= 4 is 35.2 Å². The Morgan fingerprint density at radius 2 is 1.97 bits per heavy atom. The van der Waals surface area contributed by atoms with Crippen LogP contribution in [0.4, 0.5) is 4.39 Å². The topological polar surface area (TPSA) is 123 Å². The van der Waals surface area contributed by atoms with Crippen LogP contribution < -0.4 is 0 Å². The van der Waals surface area contributed by atoms with Crippen LogP contribution in [0, 0.1) is 18.2 Å². The van der Waals surface area contributed by atoms with Gasteiger partial charge in [0.1, 0.15) is 18.3 Å². The molecule has 0 bridgehead atoms. The number of hydrogen-bond donors (Lipinski definition) is 1. The quantitative estimate of drug-likeness (QED) is 0.208. The van der Waals surface area contributed by atoms with Gasteiger partial charge in [-0.2, -0.15) is 0 Å². The number of carbonyl (C=O) groups excluding carboxylic acids is 1. The van der Waals surface area contributed by atoms with Gasteiger partial charge in [-0.3, -0.25) is 13.8 Å². The average Bonchev–Trinajstić information content (AvgIpc) is 2.59. The van der Waals surface area contributed by atoms with E-state index in [9.17, 15) is 27.1 Å². The Morgan fingerprint density at radius 1 is 1.39 bits per heavy atom. The summed E-state index contributed by atoms with van der Waals surface area (Å²) in [5.41, 5.74) is -0.423. The summed E-state index contributed by atoms with van der Waals surface area (Å²) in [6.45, 7) is -0.502. The average molecular weight is 501 g/mol. The van der Waals surface area contributed by atoms with Gasteiger partial charge in [0.05, 0.1) is 39.9 Å². The van der Waals surface area contributed by atoms with Crippen LogP contribution >= 0.6 is 19.4 Å². The number of nitrogens with zero attached hydrogens (tertiary/aromatic N) is 3. The van der Waals surface area contributed by atoms with Crippen LogP contribution in [-0.4, -0.2) is 93.8 Å². The molecule has 1 aromatic rings. The molecule has 174 valence electrons. The van der Waals surface area contributed by atoms with E-state index < -0.39 is 51.7 Å². The fourth-order valence-corrected chi connectivity index (χ4v) is 3.77. The molecule has 1 amide bonds. The number of terminal acetylenes is 1. The van der Waals surface area contributed by atoms with Crippen LogP contribution in [0.15, 0.2) is 11.1 Å². The Balaban J connectivity index is 2.87. The van der Waals surface area contributed by atoms with E-state index in [1.54, 1.807) is 0 Å². The third-order valence-electron chi connectivity index (χ3n) is 3.68. The lowest BCUT2D eigenvalue weighted by Gasteiger charge is -2.24. The highest BCUT2D eigenvalue weighted by atomic mass is 35.5. The molecule has 10 nitrogen and oxygen atoms in total. The van der Waals surface area contributed by atoms with Gasteiger partial charge in [0.15, 0.2) is 20.7 Å². The standard InChI is InChI=1S/C17H24ClFN3O7PS/c1-6-7-21(8-10-28-30(24,25)29-11-9-22(2,3)4)17(23)13-12-14(19)16(20-15(13)18)31(5,26)27/h1,12H,7-11H2,2-5H3/p+1. The van der Waals surface area contributed by atoms with Gasteiger partial charge in [-0.1, -0.05) is 17.5 Å². The van der Waals surface area contributed by atoms with E-state index in [1.165, 1.54) is 0 Å². The third-order valence-corrected chi connectivity index (χ3v) is 5.98. The first kappa shape index (κ1) is 27.5. The number of sulfone groups is 1. The molecule has 1 aromatic heterocycles. The molecule has 0 fully saturated rings. The molecule has 1 unspecified atom stereocenters. The first-order valence-corrected chi connectivity index (χ1v) is 12.5. The number of quaternary nitrogens is 1. The Bertz CT molecular complexity index is 1010. The molecule has 1 heterocycles. The minimum absolute atomic E-state index is 0.0302. The predicted molar refractivity (Wildman–Crippen MR) is 112 cm³/mol. The summed E-state index contributed by atoms with van der Waals surface area (Å²) in [6.07, 6.45) is 5.99. The highest BCUT2D eigenvalue weighted by molar-refractivity contribution is 7.90. The molecule has 1 N–H and O–H groups in total. The molecular formula is C17H25ClFN3O7PS+. The second-order valence-corrected chi connectivity index (χ2v) is 11.2. The maximum atomic E-state index is 14.1. The van der Waals surface area contributed by atoms with Crippen LogP contribution in [0.25, 0.3) is 0 Å². The molecule has 1 atom stereocenters. The molecule has 0 aromatic carbocycles. The van der Waals surface area contributed by atoms with E-state index >= 15 is 0 Å². The number of amides is 1. The number of likely N-dealkylation sites (N-methyl/N-ethyl adjacent to an activating group) is 1. The maximum absolute atomic E-state index is 14.1. The van der Waals surface area contributed by atoms with Crippen molar-refractivity contribution in [1.82, 2.24) is 9.88 Å². The van der Waals surface area contributed by atoms with Gasteiger partial charge in [0.2, 0.25) is 0 Å². The lowest BCUT2D eigenvalue weighted by molar-refractivity contribution is -0.870. The second-order valence-electron chi connectivity index (χ2n) is 7.47. The van der Waals surface area contributed by atoms with Crippen LogP contribution in [0.1, 0.15) is 10.4 Å². The van der Waals surface area contributed by atoms with Crippen LogP contribution in [0.2, 0.25) is 5.15 Å². The van der Waals surface area contributed by atoms with Crippen molar-refractivity contribution in [2.45, 2.75) is 5.03 Å². The van der Waals surface area contributed by atoms with Gasteiger partial charge >= 0.3 is 7.82 Å². The van der Waals surface area contributed by atoms with E-state index in [0.717, 1.165) is 11.2 Å². The van der Waals surface area contributed by atoms with Gasteiger partial charge in [-0.15, -0.1) is 6.42 Å². The highest BCUT2D eigenvalue weighted by Crippen LogP contribution is 2.42. The molecule has 0 aliphatic heterocycles. The first-order chi connectivity index (χ1) is 14.1. The predicted octanol–water partition coefficient (Wildman–Crippen LogP) is 1.19. The highest BCUT2D eigenvalue weighted by Gasteiger charge is 2.26. The molecule has 31 heavy (non-hydrogen) atoms.